The van der Waals surface area contributed by atoms with E-state index in [9.17, 15) is 9.90 Å². The Balaban J connectivity index is 2.73. The number of aliphatic hydroxyl groups excluding tert-OH is 1. The summed E-state index contributed by atoms with van der Waals surface area (Å²) in [5.74, 6) is -0.273. The van der Waals surface area contributed by atoms with Crippen LogP contribution in [0.2, 0.25) is 0 Å². The molecule has 3 heteroatoms. The highest BCUT2D eigenvalue weighted by Gasteiger charge is 2.24. The number of carbonyl (C=O) groups is 1. The summed E-state index contributed by atoms with van der Waals surface area (Å²) >= 11 is 0. The summed E-state index contributed by atoms with van der Waals surface area (Å²) in [4.78, 5) is 11.3. The number of ether oxygens (including phenoxy) is 1. The molecule has 1 N–H and O–H groups in total. The largest absolute Gasteiger partial charge is 0.458 e. The van der Waals surface area contributed by atoms with E-state index >= 15 is 0 Å². The van der Waals surface area contributed by atoms with Gasteiger partial charge in [-0.3, -0.25) is 0 Å². The molecule has 0 spiro atoms. The van der Waals surface area contributed by atoms with Crippen molar-refractivity contribution in [2.45, 2.75) is 32.8 Å². The van der Waals surface area contributed by atoms with Crippen LogP contribution < -0.4 is 0 Å². The molecule has 1 atom stereocenters. The maximum Gasteiger partial charge on any atom is 0.334 e. The van der Waals surface area contributed by atoms with Gasteiger partial charge in [-0.25, -0.2) is 4.79 Å². The minimum Gasteiger partial charge on any atom is -0.458 e. The van der Waals surface area contributed by atoms with Crippen molar-refractivity contribution in [3.05, 3.63) is 23.3 Å². The molecule has 0 radical (unpaired) electrons. The number of cyclic esters (lactones) is 1. The van der Waals surface area contributed by atoms with Crippen LogP contribution in [0.1, 0.15) is 26.7 Å². The van der Waals surface area contributed by atoms with Crippen LogP contribution in [0.25, 0.3) is 0 Å². The van der Waals surface area contributed by atoms with Crippen LogP contribution in [0.3, 0.4) is 0 Å². The Bertz CT molecular complexity index is 274. The molecule has 0 aromatic heterocycles. The average Bonchev–Trinajstić information content (AvgIpc) is 2.45. The van der Waals surface area contributed by atoms with Crippen molar-refractivity contribution >= 4 is 5.97 Å². The second kappa shape index (κ2) is 4.96. The third kappa shape index (κ3) is 2.70. The van der Waals surface area contributed by atoms with Crippen molar-refractivity contribution in [3.63, 3.8) is 0 Å². The van der Waals surface area contributed by atoms with Crippen LogP contribution in [-0.2, 0) is 9.53 Å². The Morgan fingerprint density at radius 1 is 1.64 bits per heavy atom. The first kappa shape index (κ1) is 11.0. The van der Waals surface area contributed by atoms with Gasteiger partial charge in [0, 0.05) is 12.0 Å². The van der Waals surface area contributed by atoms with Crippen molar-refractivity contribution < 1.29 is 14.6 Å². The predicted octanol–water partition coefficient (Wildman–Crippen LogP) is 1.58. The van der Waals surface area contributed by atoms with Crippen LogP contribution in [0.5, 0.6) is 0 Å². The fourth-order valence-corrected chi connectivity index (χ4v) is 1.44. The van der Waals surface area contributed by atoms with E-state index in [1.54, 1.807) is 6.92 Å². The Morgan fingerprint density at radius 2 is 2.36 bits per heavy atom. The number of allylic oxidation sites excluding steroid dienone is 2. The molecule has 1 rings (SSSR count). The van der Waals surface area contributed by atoms with Crippen LogP contribution >= 0.6 is 0 Å². The highest BCUT2D eigenvalue weighted by atomic mass is 16.5. The molecule has 0 unspecified atom stereocenters. The first-order valence-corrected chi connectivity index (χ1v) is 4.82. The van der Waals surface area contributed by atoms with Gasteiger partial charge in [-0.15, -0.1) is 0 Å². The predicted molar refractivity (Wildman–Crippen MR) is 53.7 cm³/mol. The highest BCUT2D eigenvalue weighted by Crippen LogP contribution is 2.23. The van der Waals surface area contributed by atoms with Gasteiger partial charge >= 0.3 is 5.97 Å². The van der Waals surface area contributed by atoms with Crippen LogP contribution in [-0.4, -0.2) is 23.8 Å². The summed E-state index contributed by atoms with van der Waals surface area (Å²) in [6.07, 6.45) is 4.57. The van der Waals surface area contributed by atoms with Crippen LogP contribution in [0.4, 0.5) is 0 Å². The van der Waals surface area contributed by atoms with E-state index in [4.69, 9.17) is 4.74 Å². The molecule has 0 aromatic rings. The van der Waals surface area contributed by atoms with Gasteiger partial charge in [0.15, 0.2) is 0 Å². The van der Waals surface area contributed by atoms with E-state index in [2.05, 4.69) is 0 Å². The highest BCUT2D eigenvalue weighted by molar-refractivity contribution is 5.91. The molecule has 0 fully saturated rings. The smallest absolute Gasteiger partial charge is 0.334 e. The van der Waals surface area contributed by atoms with Gasteiger partial charge in [0.25, 0.3) is 0 Å². The summed E-state index contributed by atoms with van der Waals surface area (Å²) in [6.45, 7) is 3.99. The number of hydrogen-bond acceptors (Lipinski definition) is 3. The third-order valence-corrected chi connectivity index (χ3v) is 2.15. The molecule has 0 bridgehead atoms. The first-order valence-electron chi connectivity index (χ1n) is 4.82. The van der Waals surface area contributed by atoms with Crippen LogP contribution in [0, 0.1) is 0 Å². The van der Waals surface area contributed by atoms with E-state index in [-0.39, 0.29) is 5.97 Å². The molecule has 0 amide bonds. The number of aliphatic hydroxyl groups is 1. The Morgan fingerprint density at radius 3 is 2.93 bits per heavy atom. The molecule has 1 heterocycles. The molecule has 0 saturated carbocycles. The molecular formula is C11H16O3. The van der Waals surface area contributed by atoms with E-state index < -0.39 is 6.10 Å². The number of carbonyl (C=O) groups excluding carboxylic acids is 1. The zero-order chi connectivity index (χ0) is 10.6. The lowest BCUT2D eigenvalue weighted by atomic mass is 10.0. The van der Waals surface area contributed by atoms with E-state index in [1.165, 1.54) is 0 Å². The normalized spacial score (nSPS) is 19.2. The Labute approximate surface area is 84.1 Å². The molecule has 0 saturated heterocycles. The summed E-state index contributed by atoms with van der Waals surface area (Å²) in [6, 6.07) is 0. The number of esters is 1. The van der Waals surface area contributed by atoms with Crippen molar-refractivity contribution in [1.82, 2.24) is 0 Å². The van der Waals surface area contributed by atoms with Crippen molar-refractivity contribution in [2.24, 2.45) is 0 Å². The molecule has 0 aliphatic carbocycles. The lowest BCUT2D eigenvalue weighted by Gasteiger charge is -2.03. The molecule has 1 aliphatic heterocycles. The lowest BCUT2D eigenvalue weighted by Crippen LogP contribution is -2.07. The van der Waals surface area contributed by atoms with Gasteiger partial charge in [-0.05, 0) is 25.8 Å². The zero-order valence-electron chi connectivity index (χ0n) is 8.62. The summed E-state index contributed by atoms with van der Waals surface area (Å²) in [7, 11) is 0. The van der Waals surface area contributed by atoms with Crippen molar-refractivity contribution in [3.8, 4) is 0 Å². The summed E-state index contributed by atoms with van der Waals surface area (Å²) < 4.78 is 4.92. The molecule has 1 aliphatic rings. The first-order chi connectivity index (χ1) is 6.65. The summed E-state index contributed by atoms with van der Waals surface area (Å²) in [5.41, 5.74) is 1.65. The van der Waals surface area contributed by atoms with E-state index in [1.807, 2.05) is 19.1 Å². The molecule has 3 nitrogen and oxygen atoms in total. The molecule has 14 heavy (non-hydrogen) atoms. The van der Waals surface area contributed by atoms with Gasteiger partial charge in [-0.1, -0.05) is 12.2 Å². The maximum atomic E-state index is 11.3. The van der Waals surface area contributed by atoms with Crippen molar-refractivity contribution in [1.29, 1.82) is 0 Å². The Hall–Kier alpha value is -1.09. The van der Waals surface area contributed by atoms with Gasteiger partial charge in [0.2, 0.25) is 0 Å². The number of rotatable bonds is 4. The van der Waals surface area contributed by atoms with E-state index in [0.29, 0.717) is 18.6 Å². The molecule has 78 valence electrons. The SMILES string of the molecule is C/C=C\CC1=C(C[C@H](C)O)C(=O)OC1. The van der Waals surface area contributed by atoms with Gasteiger partial charge in [0.05, 0.1) is 6.10 Å². The van der Waals surface area contributed by atoms with E-state index in [0.717, 1.165) is 12.0 Å². The zero-order valence-corrected chi connectivity index (χ0v) is 8.62. The van der Waals surface area contributed by atoms with Gasteiger partial charge in [0.1, 0.15) is 6.61 Å². The quantitative estimate of drug-likeness (QED) is 0.548. The minimum atomic E-state index is -0.490. The fraction of sp³-hybridized carbons (Fsp3) is 0.545. The fourth-order valence-electron chi connectivity index (χ4n) is 1.44. The van der Waals surface area contributed by atoms with Gasteiger partial charge < -0.3 is 9.84 Å². The second-order valence-electron chi connectivity index (χ2n) is 3.48. The number of hydrogen-bond donors (Lipinski definition) is 1. The standard InChI is InChI=1S/C11H16O3/c1-3-4-5-9-7-14-11(13)10(9)6-8(2)12/h3-4,8,12H,5-7H2,1-2H3/b4-3-/t8-/m0/s1. The minimum absolute atomic E-state index is 0.273. The van der Waals surface area contributed by atoms with Crippen LogP contribution in [0.15, 0.2) is 23.3 Å². The average molecular weight is 196 g/mol. The van der Waals surface area contributed by atoms with Crippen molar-refractivity contribution in [2.75, 3.05) is 6.61 Å². The second-order valence-corrected chi connectivity index (χ2v) is 3.48. The topological polar surface area (TPSA) is 46.5 Å². The summed E-state index contributed by atoms with van der Waals surface area (Å²) in [5, 5.41) is 9.21. The van der Waals surface area contributed by atoms with Gasteiger partial charge in [-0.2, -0.15) is 0 Å². The Kier molecular flexibility index (Phi) is 3.89. The lowest BCUT2D eigenvalue weighted by molar-refractivity contribution is -0.136. The molecular weight excluding hydrogens is 180 g/mol. The maximum absolute atomic E-state index is 11.3. The monoisotopic (exact) mass is 196 g/mol. The third-order valence-electron chi connectivity index (χ3n) is 2.15. The molecule has 0 aromatic carbocycles.